The summed E-state index contributed by atoms with van der Waals surface area (Å²) in [6, 6.07) is -0.638. The van der Waals surface area contributed by atoms with Crippen LogP contribution in [0.2, 0.25) is 0 Å². The first-order valence-corrected chi connectivity index (χ1v) is 22.0. The third-order valence-electron chi connectivity index (χ3n) is 10.1. The SMILES string of the molecule is CCCCCCCCCC/C=C/C(O)C(CO)NC(=O)CCCCCCCCCCCCCOC(=O)CCCCCCCCCCCCCC. The maximum absolute atomic E-state index is 12.3. The Morgan fingerprint density at radius 2 is 0.920 bits per heavy atom. The molecule has 0 aromatic rings. The van der Waals surface area contributed by atoms with Crippen molar-refractivity contribution in [2.75, 3.05) is 13.2 Å². The molecule has 6 heteroatoms. The molecule has 0 bridgehead atoms. The monoisotopic (exact) mass is 708 g/mol. The fourth-order valence-electron chi connectivity index (χ4n) is 6.63. The first kappa shape index (κ1) is 48.6. The normalized spacial score (nSPS) is 12.8. The molecule has 296 valence electrons. The number of aliphatic hydroxyl groups excluding tert-OH is 2. The van der Waals surface area contributed by atoms with Crippen LogP contribution >= 0.6 is 0 Å². The highest BCUT2D eigenvalue weighted by molar-refractivity contribution is 5.76. The summed E-state index contributed by atoms with van der Waals surface area (Å²) >= 11 is 0. The zero-order valence-electron chi connectivity index (χ0n) is 33.4. The second-order valence-corrected chi connectivity index (χ2v) is 15.0. The van der Waals surface area contributed by atoms with E-state index in [0.717, 1.165) is 57.8 Å². The van der Waals surface area contributed by atoms with Crippen LogP contribution in [0.3, 0.4) is 0 Å². The van der Waals surface area contributed by atoms with Crippen molar-refractivity contribution in [1.29, 1.82) is 0 Å². The number of carbonyl (C=O) groups excluding carboxylic acids is 2. The lowest BCUT2D eigenvalue weighted by molar-refractivity contribution is -0.143. The molecule has 0 fully saturated rings. The summed E-state index contributed by atoms with van der Waals surface area (Å²) in [4.78, 5) is 24.3. The van der Waals surface area contributed by atoms with Crippen LogP contribution in [-0.4, -0.2) is 47.4 Å². The van der Waals surface area contributed by atoms with E-state index in [9.17, 15) is 19.8 Å². The van der Waals surface area contributed by atoms with E-state index in [1.807, 2.05) is 6.08 Å². The van der Waals surface area contributed by atoms with Crippen molar-refractivity contribution in [3.63, 3.8) is 0 Å². The molecule has 0 aromatic carbocycles. The summed E-state index contributed by atoms with van der Waals surface area (Å²) in [5.41, 5.74) is 0. The van der Waals surface area contributed by atoms with Gasteiger partial charge in [0.15, 0.2) is 0 Å². The highest BCUT2D eigenvalue weighted by Crippen LogP contribution is 2.15. The number of esters is 1. The van der Waals surface area contributed by atoms with Gasteiger partial charge >= 0.3 is 5.97 Å². The van der Waals surface area contributed by atoms with Gasteiger partial charge in [0, 0.05) is 12.8 Å². The molecule has 1 amide bonds. The lowest BCUT2D eigenvalue weighted by atomic mass is 10.0. The van der Waals surface area contributed by atoms with Crippen LogP contribution in [0.1, 0.15) is 232 Å². The van der Waals surface area contributed by atoms with E-state index in [2.05, 4.69) is 19.2 Å². The van der Waals surface area contributed by atoms with Crippen LogP contribution in [-0.2, 0) is 14.3 Å². The minimum atomic E-state index is -0.852. The molecule has 50 heavy (non-hydrogen) atoms. The van der Waals surface area contributed by atoms with Gasteiger partial charge in [-0.2, -0.15) is 0 Å². The number of hydrogen-bond acceptors (Lipinski definition) is 5. The van der Waals surface area contributed by atoms with E-state index in [0.29, 0.717) is 19.4 Å². The summed E-state index contributed by atoms with van der Waals surface area (Å²) in [6.07, 6.45) is 43.3. The number of unbranched alkanes of at least 4 members (excludes halogenated alkanes) is 29. The maximum Gasteiger partial charge on any atom is 0.305 e. The Labute approximate surface area is 310 Å². The summed E-state index contributed by atoms with van der Waals surface area (Å²) in [7, 11) is 0. The predicted octanol–water partition coefficient (Wildman–Crippen LogP) is 12.2. The molecule has 0 aliphatic carbocycles. The first-order chi connectivity index (χ1) is 24.5. The average Bonchev–Trinajstić information content (AvgIpc) is 3.11. The fourth-order valence-corrected chi connectivity index (χ4v) is 6.63. The van der Waals surface area contributed by atoms with Crippen molar-refractivity contribution in [3.8, 4) is 0 Å². The molecule has 0 saturated heterocycles. The van der Waals surface area contributed by atoms with Crippen LogP contribution in [0.4, 0.5) is 0 Å². The van der Waals surface area contributed by atoms with Gasteiger partial charge in [-0.25, -0.2) is 0 Å². The molecular formula is C44H85NO5. The van der Waals surface area contributed by atoms with Crippen LogP contribution in [0.5, 0.6) is 0 Å². The van der Waals surface area contributed by atoms with Gasteiger partial charge in [0.1, 0.15) is 0 Å². The summed E-state index contributed by atoms with van der Waals surface area (Å²) in [5.74, 6) is -0.105. The van der Waals surface area contributed by atoms with E-state index >= 15 is 0 Å². The number of aliphatic hydroxyl groups is 2. The van der Waals surface area contributed by atoms with Crippen molar-refractivity contribution >= 4 is 11.9 Å². The van der Waals surface area contributed by atoms with Crippen LogP contribution in [0.25, 0.3) is 0 Å². The summed E-state index contributed by atoms with van der Waals surface area (Å²) in [6.45, 7) is 4.83. The molecule has 0 aliphatic rings. The Morgan fingerprint density at radius 1 is 0.540 bits per heavy atom. The largest absolute Gasteiger partial charge is 0.466 e. The molecule has 6 nitrogen and oxygen atoms in total. The van der Waals surface area contributed by atoms with Crippen molar-refractivity contribution in [1.82, 2.24) is 5.32 Å². The molecule has 0 aliphatic heterocycles. The topological polar surface area (TPSA) is 95.9 Å². The van der Waals surface area contributed by atoms with Crippen LogP contribution in [0.15, 0.2) is 12.2 Å². The van der Waals surface area contributed by atoms with Gasteiger partial charge in [-0.05, 0) is 32.1 Å². The Hall–Kier alpha value is -1.40. The molecule has 3 N–H and O–H groups in total. The average molecular weight is 708 g/mol. The number of ether oxygens (including phenoxy) is 1. The van der Waals surface area contributed by atoms with E-state index in [1.54, 1.807) is 6.08 Å². The molecule has 0 radical (unpaired) electrons. The highest BCUT2D eigenvalue weighted by atomic mass is 16.5. The van der Waals surface area contributed by atoms with Crippen LogP contribution < -0.4 is 5.32 Å². The number of amides is 1. The van der Waals surface area contributed by atoms with Gasteiger partial charge < -0.3 is 20.3 Å². The van der Waals surface area contributed by atoms with Gasteiger partial charge in [0.05, 0.1) is 25.4 Å². The van der Waals surface area contributed by atoms with Gasteiger partial charge in [-0.3, -0.25) is 9.59 Å². The van der Waals surface area contributed by atoms with Crippen LogP contribution in [0, 0.1) is 0 Å². The minimum Gasteiger partial charge on any atom is -0.466 e. The molecule has 0 rings (SSSR count). The second kappa shape index (κ2) is 40.4. The van der Waals surface area contributed by atoms with E-state index in [-0.39, 0.29) is 18.5 Å². The maximum atomic E-state index is 12.3. The van der Waals surface area contributed by atoms with Crippen molar-refractivity contribution in [2.24, 2.45) is 0 Å². The number of carbonyl (C=O) groups is 2. The van der Waals surface area contributed by atoms with Crippen molar-refractivity contribution in [2.45, 2.75) is 244 Å². The highest BCUT2D eigenvalue weighted by Gasteiger charge is 2.18. The first-order valence-electron chi connectivity index (χ1n) is 22.0. The number of nitrogens with one attached hydrogen (secondary N) is 1. The van der Waals surface area contributed by atoms with Gasteiger partial charge in [-0.1, -0.05) is 199 Å². The molecule has 2 unspecified atom stereocenters. The van der Waals surface area contributed by atoms with Gasteiger partial charge in [0.2, 0.25) is 5.91 Å². The third kappa shape index (κ3) is 36.4. The Morgan fingerprint density at radius 3 is 1.36 bits per heavy atom. The zero-order chi connectivity index (χ0) is 36.6. The van der Waals surface area contributed by atoms with Crippen molar-refractivity contribution in [3.05, 3.63) is 12.2 Å². The number of allylic oxidation sites excluding steroid dienone is 1. The zero-order valence-corrected chi connectivity index (χ0v) is 33.4. The molecule has 0 heterocycles. The van der Waals surface area contributed by atoms with E-state index < -0.39 is 12.1 Å². The van der Waals surface area contributed by atoms with E-state index in [4.69, 9.17) is 4.74 Å². The van der Waals surface area contributed by atoms with Gasteiger partial charge in [0.25, 0.3) is 0 Å². The number of hydrogen-bond donors (Lipinski definition) is 3. The number of rotatable bonds is 40. The Balaban J connectivity index is 3.49. The summed E-state index contributed by atoms with van der Waals surface area (Å²) in [5, 5.41) is 22.9. The van der Waals surface area contributed by atoms with Crippen molar-refractivity contribution < 1.29 is 24.5 Å². The predicted molar refractivity (Wildman–Crippen MR) is 213 cm³/mol. The third-order valence-corrected chi connectivity index (χ3v) is 10.1. The summed E-state index contributed by atoms with van der Waals surface area (Å²) < 4.78 is 5.43. The van der Waals surface area contributed by atoms with E-state index in [1.165, 1.54) is 148 Å². The smallest absolute Gasteiger partial charge is 0.305 e. The molecule has 2 atom stereocenters. The standard InChI is InChI=1S/C44H85NO5/c1-3-5-7-9-11-13-15-18-22-26-30-34-38-44(49)50-39-35-31-27-23-19-16-17-21-25-29-33-37-43(48)45-41(40-46)42(47)36-32-28-24-20-14-12-10-8-6-4-2/h32,36,41-42,46-47H,3-31,33-35,37-40H2,1-2H3,(H,45,48)/b36-32+. The quantitative estimate of drug-likeness (QED) is 0.0335. The molecule has 0 aromatic heterocycles. The fraction of sp³-hybridized carbons (Fsp3) is 0.909. The Bertz CT molecular complexity index is 742. The minimum absolute atomic E-state index is 0.0156. The van der Waals surface area contributed by atoms with Gasteiger partial charge in [-0.15, -0.1) is 0 Å². The Kier molecular flexibility index (Phi) is 39.2. The molecule has 0 saturated carbocycles. The molecular weight excluding hydrogens is 622 g/mol. The molecule has 0 spiro atoms. The lowest BCUT2D eigenvalue weighted by Gasteiger charge is -2.20. The second-order valence-electron chi connectivity index (χ2n) is 15.0. The lowest BCUT2D eigenvalue weighted by Crippen LogP contribution is -2.45.